The van der Waals surface area contributed by atoms with Gasteiger partial charge in [0.25, 0.3) is 0 Å². The molecule has 25 heavy (non-hydrogen) atoms. The first-order valence-corrected chi connectivity index (χ1v) is 8.70. The largest absolute Gasteiger partial charge is 0.493 e. The Morgan fingerprint density at radius 1 is 1.08 bits per heavy atom. The molecule has 0 saturated heterocycles. The maximum absolute atomic E-state index is 9.33. The second-order valence-corrected chi connectivity index (χ2v) is 7.26. The Hall–Kier alpha value is -1.46. The van der Waals surface area contributed by atoms with Crippen molar-refractivity contribution in [1.29, 1.82) is 0 Å². The summed E-state index contributed by atoms with van der Waals surface area (Å²) in [6.45, 7) is 4.81. The number of halogens is 2. The van der Waals surface area contributed by atoms with Crippen LogP contribution in [0.3, 0.4) is 0 Å². The molecular weight excluding hydrogens is 361 g/mol. The highest BCUT2D eigenvalue weighted by Crippen LogP contribution is 2.37. The van der Waals surface area contributed by atoms with Gasteiger partial charge in [-0.1, -0.05) is 35.3 Å². The average Bonchev–Trinajstić information content (AvgIpc) is 2.60. The molecule has 0 aromatic heterocycles. The van der Waals surface area contributed by atoms with Crippen LogP contribution in [-0.4, -0.2) is 24.4 Å². The molecule has 0 radical (unpaired) electrons. The molecule has 0 fully saturated rings. The molecule has 0 aliphatic heterocycles. The zero-order valence-electron chi connectivity index (χ0n) is 14.6. The number of nitrogens with one attached hydrogen (secondary N) is 1. The van der Waals surface area contributed by atoms with E-state index in [1.165, 1.54) is 0 Å². The molecule has 0 bridgehead atoms. The normalized spacial score (nSPS) is 11.4. The first-order chi connectivity index (χ1) is 11.8. The van der Waals surface area contributed by atoms with E-state index in [9.17, 15) is 5.11 Å². The van der Waals surface area contributed by atoms with Gasteiger partial charge in [-0.3, -0.25) is 0 Å². The van der Waals surface area contributed by atoms with E-state index in [2.05, 4.69) is 5.32 Å². The standard InChI is InChI=1S/C19H23Cl2NO3/c1-19(2,12-23)22-10-14-8-16(21)18(17(9-14)24-3)25-11-13-4-6-15(20)7-5-13/h4-9,22-23H,10-12H2,1-3H3. The lowest BCUT2D eigenvalue weighted by Gasteiger charge is -2.24. The molecule has 0 saturated carbocycles. The number of hydrogen-bond acceptors (Lipinski definition) is 4. The van der Waals surface area contributed by atoms with E-state index in [0.29, 0.717) is 34.7 Å². The Morgan fingerprint density at radius 2 is 1.76 bits per heavy atom. The lowest BCUT2D eigenvalue weighted by atomic mass is 10.1. The van der Waals surface area contributed by atoms with Gasteiger partial charge in [-0.05, 0) is 49.2 Å². The van der Waals surface area contributed by atoms with Crippen molar-refractivity contribution in [3.05, 3.63) is 57.6 Å². The van der Waals surface area contributed by atoms with Gasteiger partial charge in [0.2, 0.25) is 0 Å². The van der Waals surface area contributed by atoms with Crippen molar-refractivity contribution >= 4 is 23.2 Å². The van der Waals surface area contributed by atoms with Crippen molar-refractivity contribution < 1.29 is 14.6 Å². The predicted octanol–water partition coefficient (Wildman–Crippen LogP) is 4.44. The molecular formula is C19H23Cl2NO3. The molecule has 2 aromatic rings. The van der Waals surface area contributed by atoms with Crippen LogP contribution in [0.1, 0.15) is 25.0 Å². The van der Waals surface area contributed by atoms with Gasteiger partial charge in [0.05, 0.1) is 18.7 Å². The zero-order chi connectivity index (χ0) is 18.4. The van der Waals surface area contributed by atoms with Crippen LogP contribution in [0.5, 0.6) is 11.5 Å². The van der Waals surface area contributed by atoms with Crippen molar-refractivity contribution in [2.75, 3.05) is 13.7 Å². The van der Waals surface area contributed by atoms with Gasteiger partial charge in [-0.25, -0.2) is 0 Å². The summed E-state index contributed by atoms with van der Waals surface area (Å²) < 4.78 is 11.3. The van der Waals surface area contributed by atoms with Crippen molar-refractivity contribution in [3.8, 4) is 11.5 Å². The third kappa shape index (κ3) is 5.79. The summed E-state index contributed by atoms with van der Waals surface area (Å²) in [5.41, 5.74) is 1.56. The smallest absolute Gasteiger partial charge is 0.180 e. The van der Waals surface area contributed by atoms with Gasteiger partial charge in [-0.2, -0.15) is 0 Å². The van der Waals surface area contributed by atoms with E-state index in [-0.39, 0.29) is 12.1 Å². The summed E-state index contributed by atoms with van der Waals surface area (Å²) in [6.07, 6.45) is 0. The van der Waals surface area contributed by atoms with E-state index in [1.807, 2.05) is 50.2 Å². The number of benzene rings is 2. The molecule has 0 spiro atoms. The minimum absolute atomic E-state index is 0.0418. The summed E-state index contributed by atoms with van der Waals surface area (Å²) in [6, 6.07) is 11.1. The van der Waals surface area contributed by atoms with Crippen LogP contribution in [-0.2, 0) is 13.2 Å². The fourth-order valence-electron chi connectivity index (χ4n) is 2.15. The minimum atomic E-state index is -0.372. The molecule has 0 amide bonds. The first-order valence-electron chi connectivity index (χ1n) is 7.94. The van der Waals surface area contributed by atoms with Crippen LogP contribution in [0.15, 0.2) is 36.4 Å². The number of hydrogen-bond donors (Lipinski definition) is 2. The van der Waals surface area contributed by atoms with Crippen molar-refractivity contribution in [3.63, 3.8) is 0 Å². The Bertz CT molecular complexity index is 703. The Labute approximate surface area is 158 Å². The second-order valence-electron chi connectivity index (χ2n) is 6.42. The number of aliphatic hydroxyl groups is 1. The van der Waals surface area contributed by atoms with Crippen molar-refractivity contribution in [2.24, 2.45) is 0 Å². The maximum atomic E-state index is 9.33. The Balaban J connectivity index is 2.11. The molecule has 0 heterocycles. The SMILES string of the molecule is COc1cc(CNC(C)(C)CO)cc(Cl)c1OCc1ccc(Cl)cc1. The van der Waals surface area contributed by atoms with Gasteiger partial charge in [0.1, 0.15) is 6.61 Å². The molecule has 2 N–H and O–H groups in total. The summed E-state index contributed by atoms with van der Waals surface area (Å²) in [4.78, 5) is 0. The van der Waals surface area contributed by atoms with Crippen molar-refractivity contribution in [1.82, 2.24) is 5.32 Å². The van der Waals surface area contributed by atoms with Crippen LogP contribution in [0.25, 0.3) is 0 Å². The number of rotatable bonds is 8. The van der Waals surface area contributed by atoms with Gasteiger partial charge < -0.3 is 19.9 Å². The summed E-state index contributed by atoms with van der Waals surface area (Å²) in [7, 11) is 1.58. The predicted molar refractivity (Wildman–Crippen MR) is 102 cm³/mol. The van der Waals surface area contributed by atoms with E-state index >= 15 is 0 Å². The van der Waals surface area contributed by atoms with Gasteiger partial charge in [-0.15, -0.1) is 0 Å². The Morgan fingerprint density at radius 3 is 2.36 bits per heavy atom. The molecule has 6 heteroatoms. The summed E-state index contributed by atoms with van der Waals surface area (Å²) >= 11 is 12.3. The quantitative estimate of drug-likeness (QED) is 0.707. The van der Waals surface area contributed by atoms with Crippen LogP contribution in [0, 0.1) is 0 Å². The van der Waals surface area contributed by atoms with Gasteiger partial charge in [0, 0.05) is 17.1 Å². The fourth-order valence-corrected chi connectivity index (χ4v) is 2.56. The average molecular weight is 384 g/mol. The summed E-state index contributed by atoms with van der Waals surface area (Å²) in [5, 5.41) is 13.8. The first kappa shape index (κ1) is 19.9. The topological polar surface area (TPSA) is 50.7 Å². The van der Waals surface area contributed by atoms with Gasteiger partial charge in [0.15, 0.2) is 11.5 Å². The highest BCUT2D eigenvalue weighted by atomic mass is 35.5. The highest BCUT2D eigenvalue weighted by molar-refractivity contribution is 6.32. The summed E-state index contributed by atoms with van der Waals surface area (Å²) in [5.74, 6) is 1.07. The van der Waals surface area contributed by atoms with Crippen LogP contribution >= 0.6 is 23.2 Å². The van der Waals surface area contributed by atoms with E-state index in [1.54, 1.807) is 7.11 Å². The second kappa shape index (κ2) is 8.77. The molecule has 0 atom stereocenters. The molecule has 136 valence electrons. The number of ether oxygens (including phenoxy) is 2. The minimum Gasteiger partial charge on any atom is -0.493 e. The number of methoxy groups -OCH3 is 1. The van der Waals surface area contributed by atoms with Gasteiger partial charge >= 0.3 is 0 Å². The van der Waals surface area contributed by atoms with Crippen molar-refractivity contribution in [2.45, 2.75) is 32.5 Å². The molecule has 4 nitrogen and oxygen atoms in total. The number of aliphatic hydroxyl groups excluding tert-OH is 1. The third-order valence-electron chi connectivity index (χ3n) is 3.75. The van der Waals surface area contributed by atoms with Crippen LogP contribution in [0.4, 0.5) is 0 Å². The highest BCUT2D eigenvalue weighted by Gasteiger charge is 2.17. The molecule has 0 aliphatic rings. The maximum Gasteiger partial charge on any atom is 0.180 e. The van der Waals surface area contributed by atoms with E-state index < -0.39 is 0 Å². The van der Waals surface area contributed by atoms with E-state index in [4.69, 9.17) is 32.7 Å². The zero-order valence-corrected chi connectivity index (χ0v) is 16.1. The third-order valence-corrected chi connectivity index (χ3v) is 4.28. The Kier molecular flexibility index (Phi) is 6.96. The lowest BCUT2D eigenvalue weighted by Crippen LogP contribution is -2.42. The molecule has 0 aliphatic carbocycles. The molecule has 0 unspecified atom stereocenters. The monoisotopic (exact) mass is 383 g/mol. The molecule has 2 aromatic carbocycles. The van der Waals surface area contributed by atoms with Crippen LogP contribution in [0.2, 0.25) is 10.0 Å². The van der Waals surface area contributed by atoms with Crippen LogP contribution < -0.4 is 14.8 Å². The lowest BCUT2D eigenvalue weighted by molar-refractivity contribution is 0.187. The fraction of sp³-hybridized carbons (Fsp3) is 0.368. The molecule has 2 rings (SSSR count). The van der Waals surface area contributed by atoms with E-state index in [0.717, 1.165) is 11.1 Å².